The van der Waals surface area contributed by atoms with E-state index in [4.69, 9.17) is 5.26 Å². The lowest BCUT2D eigenvalue weighted by atomic mass is 10.0. The second kappa shape index (κ2) is 8.20. The summed E-state index contributed by atoms with van der Waals surface area (Å²) in [6.45, 7) is 5.21. The fourth-order valence-electron chi connectivity index (χ4n) is 3.30. The molecule has 0 fully saturated rings. The SMILES string of the molecule is C=CCn1c(NCC#N)nc(N2CCc3ccccc3CC2)c(C#N)c1=O. The molecular weight excluding hydrogens is 340 g/mol. The Morgan fingerprint density at radius 1 is 1.22 bits per heavy atom. The summed E-state index contributed by atoms with van der Waals surface area (Å²) in [5, 5.41) is 21.3. The zero-order chi connectivity index (χ0) is 19.2. The molecule has 0 saturated heterocycles. The lowest BCUT2D eigenvalue weighted by Gasteiger charge is -2.24. The Labute approximate surface area is 157 Å². The maximum atomic E-state index is 12.8. The molecule has 2 aromatic rings. The maximum absolute atomic E-state index is 12.8. The van der Waals surface area contributed by atoms with E-state index in [1.54, 1.807) is 6.08 Å². The number of nitrogens with one attached hydrogen (secondary N) is 1. The summed E-state index contributed by atoms with van der Waals surface area (Å²) in [7, 11) is 0. The Balaban J connectivity index is 2.03. The Bertz CT molecular complexity index is 968. The molecule has 0 bridgehead atoms. The number of benzene rings is 1. The van der Waals surface area contributed by atoms with Gasteiger partial charge in [0.25, 0.3) is 5.56 Å². The molecule has 2 heterocycles. The van der Waals surface area contributed by atoms with Crippen LogP contribution in [0.3, 0.4) is 0 Å². The average Bonchev–Trinajstić information content (AvgIpc) is 2.91. The molecule has 7 nitrogen and oxygen atoms in total. The standard InChI is InChI=1S/C20H20N6O/c1-2-11-26-19(27)17(14-22)18(24-20(26)23-10-9-21)25-12-7-15-5-3-4-6-16(15)8-13-25/h2-6H,1,7-8,10-13H2,(H,23,24). The van der Waals surface area contributed by atoms with E-state index < -0.39 is 5.56 Å². The normalized spacial score (nSPS) is 13.0. The van der Waals surface area contributed by atoms with Gasteiger partial charge in [0.1, 0.15) is 12.6 Å². The minimum atomic E-state index is -0.426. The first-order valence-corrected chi connectivity index (χ1v) is 8.78. The summed E-state index contributed by atoms with van der Waals surface area (Å²) < 4.78 is 1.33. The molecule has 136 valence electrons. The van der Waals surface area contributed by atoms with Crippen LogP contribution in [0.15, 0.2) is 41.7 Å². The van der Waals surface area contributed by atoms with Crippen LogP contribution in [-0.2, 0) is 19.4 Å². The molecule has 0 aliphatic carbocycles. The number of anilines is 2. The predicted molar refractivity (Wildman–Crippen MR) is 104 cm³/mol. The summed E-state index contributed by atoms with van der Waals surface area (Å²) in [4.78, 5) is 19.4. The number of aromatic nitrogens is 2. The van der Waals surface area contributed by atoms with E-state index in [0.29, 0.717) is 18.9 Å². The molecule has 27 heavy (non-hydrogen) atoms. The first-order valence-electron chi connectivity index (χ1n) is 8.78. The van der Waals surface area contributed by atoms with Crippen LogP contribution >= 0.6 is 0 Å². The van der Waals surface area contributed by atoms with E-state index >= 15 is 0 Å². The van der Waals surface area contributed by atoms with Gasteiger partial charge in [0, 0.05) is 19.6 Å². The summed E-state index contributed by atoms with van der Waals surface area (Å²) >= 11 is 0. The number of fused-ring (bicyclic) bond motifs is 1. The summed E-state index contributed by atoms with van der Waals surface area (Å²) in [5.74, 6) is 0.647. The smallest absolute Gasteiger partial charge is 0.275 e. The number of nitriles is 2. The highest BCUT2D eigenvalue weighted by Gasteiger charge is 2.22. The third kappa shape index (κ3) is 3.68. The van der Waals surface area contributed by atoms with Crippen molar-refractivity contribution in [2.75, 3.05) is 29.9 Å². The largest absolute Gasteiger partial charge is 0.355 e. The van der Waals surface area contributed by atoms with Crippen LogP contribution in [0.25, 0.3) is 0 Å². The van der Waals surface area contributed by atoms with E-state index in [-0.39, 0.29) is 24.6 Å². The van der Waals surface area contributed by atoms with Gasteiger partial charge in [-0.1, -0.05) is 30.3 Å². The third-order valence-corrected chi connectivity index (χ3v) is 4.62. The van der Waals surface area contributed by atoms with Crippen LogP contribution in [0.2, 0.25) is 0 Å². The van der Waals surface area contributed by atoms with Crippen LogP contribution in [0.5, 0.6) is 0 Å². The molecule has 1 aliphatic rings. The van der Waals surface area contributed by atoms with Crippen molar-refractivity contribution in [3.05, 3.63) is 64.0 Å². The molecule has 0 spiro atoms. The van der Waals surface area contributed by atoms with Gasteiger partial charge in [-0.05, 0) is 24.0 Å². The van der Waals surface area contributed by atoms with Crippen molar-refractivity contribution in [2.24, 2.45) is 0 Å². The van der Waals surface area contributed by atoms with Crippen LogP contribution < -0.4 is 15.8 Å². The molecular formula is C20H20N6O. The highest BCUT2D eigenvalue weighted by molar-refractivity contribution is 5.57. The first kappa shape index (κ1) is 18.2. The molecule has 1 aromatic heterocycles. The fraction of sp³-hybridized carbons (Fsp3) is 0.300. The summed E-state index contributed by atoms with van der Waals surface area (Å²) in [5.41, 5.74) is 2.15. The van der Waals surface area contributed by atoms with Crippen molar-refractivity contribution in [1.82, 2.24) is 9.55 Å². The Hall–Kier alpha value is -3.58. The molecule has 1 aliphatic heterocycles. The Morgan fingerprint density at radius 3 is 2.44 bits per heavy atom. The molecule has 0 atom stereocenters. The average molecular weight is 360 g/mol. The molecule has 1 N–H and O–H groups in total. The summed E-state index contributed by atoms with van der Waals surface area (Å²) in [6.07, 6.45) is 3.20. The molecule has 0 saturated carbocycles. The summed E-state index contributed by atoms with van der Waals surface area (Å²) in [6, 6.07) is 12.3. The Morgan fingerprint density at radius 2 is 1.89 bits per heavy atom. The minimum absolute atomic E-state index is 0.0143. The van der Waals surface area contributed by atoms with E-state index in [9.17, 15) is 10.1 Å². The van der Waals surface area contributed by atoms with Gasteiger partial charge in [-0.15, -0.1) is 6.58 Å². The number of allylic oxidation sites excluding steroid dienone is 1. The number of hydrogen-bond acceptors (Lipinski definition) is 6. The quantitative estimate of drug-likeness (QED) is 0.645. The van der Waals surface area contributed by atoms with Crippen molar-refractivity contribution in [3.63, 3.8) is 0 Å². The van der Waals surface area contributed by atoms with Gasteiger partial charge in [0.2, 0.25) is 5.95 Å². The number of hydrogen-bond donors (Lipinski definition) is 1. The van der Waals surface area contributed by atoms with Gasteiger partial charge >= 0.3 is 0 Å². The van der Waals surface area contributed by atoms with E-state index in [2.05, 4.69) is 29.0 Å². The van der Waals surface area contributed by atoms with Gasteiger partial charge < -0.3 is 10.2 Å². The van der Waals surface area contributed by atoms with Crippen molar-refractivity contribution in [2.45, 2.75) is 19.4 Å². The second-order valence-electron chi connectivity index (χ2n) is 6.22. The monoisotopic (exact) mass is 360 g/mol. The number of nitrogens with zero attached hydrogens (tertiary/aromatic N) is 5. The van der Waals surface area contributed by atoms with E-state index in [0.717, 1.165) is 12.8 Å². The van der Waals surface area contributed by atoms with Gasteiger partial charge in [-0.25, -0.2) is 0 Å². The molecule has 0 radical (unpaired) electrons. The van der Waals surface area contributed by atoms with Gasteiger partial charge in [0.05, 0.1) is 6.07 Å². The van der Waals surface area contributed by atoms with E-state index in [1.165, 1.54) is 15.7 Å². The van der Waals surface area contributed by atoms with Crippen LogP contribution in [0.4, 0.5) is 11.8 Å². The predicted octanol–water partition coefficient (Wildman–Crippen LogP) is 1.84. The minimum Gasteiger partial charge on any atom is -0.355 e. The molecule has 3 rings (SSSR count). The lowest BCUT2D eigenvalue weighted by Crippen LogP contribution is -2.34. The van der Waals surface area contributed by atoms with Gasteiger partial charge in [-0.3, -0.25) is 9.36 Å². The highest BCUT2D eigenvalue weighted by Crippen LogP contribution is 2.22. The van der Waals surface area contributed by atoms with Crippen LogP contribution in [0, 0.1) is 22.7 Å². The third-order valence-electron chi connectivity index (χ3n) is 4.62. The lowest BCUT2D eigenvalue weighted by molar-refractivity contribution is 0.733. The van der Waals surface area contributed by atoms with Crippen molar-refractivity contribution in [3.8, 4) is 12.1 Å². The van der Waals surface area contributed by atoms with Gasteiger partial charge in [0.15, 0.2) is 11.4 Å². The second-order valence-corrected chi connectivity index (χ2v) is 6.22. The highest BCUT2D eigenvalue weighted by atomic mass is 16.1. The van der Waals surface area contributed by atoms with E-state index in [1.807, 2.05) is 29.2 Å². The fourth-order valence-corrected chi connectivity index (χ4v) is 3.30. The molecule has 0 amide bonds. The van der Waals surface area contributed by atoms with Crippen LogP contribution in [-0.4, -0.2) is 29.2 Å². The molecule has 0 unspecified atom stereocenters. The maximum Gasteiger partial charge on any atom is 0.275 e. The zero-order valence-corrected chi connectivity index (χ0v) is 15.0. The topological polar surface area (TPSA) is 97.7 Å². The molecule has 1 aromatic carbocycles. The zero-order valence-electron chi connectivity index (χ0n) is 15.0. The molecule has 7 heteroatoms. The Kier molecular flexibility index (Phi) is 5.53. The van der Waals surface area contributed by atoms with Crippen molar-refractivity contribution >= 4 is 11.8 Å². The number of rotatable bonds is 5. The first-order chi connectivity index (χ1) is 13.2. The van der Waals surface area contributed by atoms with Crippen molar-refractivity contribution < 1.29 is 0 Å². The van der Waals surface area contributed by atoms with Crippen molar-refractivity contribution in [1.29, 1.82) is 10.5 Å². The van der Waals surface area contributed by atoms with Crippen LogP contribution in [0.1, 0.15) is 16.7 Å². The van der Waals surface area contributed by atoms with Gasteiger partial charge in [-0.2, -0.15) is 15.5 Å².